The molecule has 0 radical (unpaired) electrons. The molecule has 4 amide bonds. The van der Waals surface area contributed by atoms with Crippen molar-refractivity contribution in [2.24, 2.45) is 0 Å². The Morgan fingerprint density at radius 3 is 2.41 bits per heavy atom. The molecule has 1 N–H and O–H groups in total. The van der Waals surface area contributed by atoms with Crippen LogP contribution in [0.2, 0.25) is 0 Å². The minimum absolute atomic E-state index is 0.0260. The van der Waals surface area contributed by atoms with Crippen LogP contribution in [0.1, 0.15) is 12.0 Å². The van der Waals surface area contributed by atoms with Gasteiger partial charge in [0.1, 0.15) is 12.2 Å². The lowest BCUT2D eigenvalue weighted by molar-refractivity contribution is -0.136. The van der Waals surface area contributed by atoms with Crippen LogP contribution in [0.15, 0.2) is 24.3 Å². The lowest BCUT2D eigenvalue weighted by Gasteiger charge is -2.24. The van der Waals surface area contributed by atoms with E-state index in [-0.39, 0.29) is 13.0 Å². The number of hydrogen-bond donors (Lipinski definition) is 1. The Bertz CT molecular complexity index is 464. The Hall–Kier alpha value is -2.24. The van der Waals surface area contributed by atoms with Crippen molar-refractivity contribution in [2.75, 3.05) is 0 Å². The number of rotatable bonds is 2. The van der Waals surface area contributed by atoms with E-state index in [9.17, 15) is 18.8 Å². The molecule has 0 atom stereocenters. The number of amides is 4. The number of carbonyl (C=O) groups is 3. The summed E-state index contributed by atoms with van der Waals surface area (Å²) >= 11 is 0. The van der Waals surface area contributed by atoms with Crippen LogP contribution in [-0.4, -0.2) is 22.7 Å². The Kier molecular flexibility index (Phi) is 2.86. The fourth-order valence-corrected chi connectivity index (χ4v) is 1.51. The van der Waals surface area contributed by atoms with Gasteiger partial charge in [-0.3, -0.25) is 19.8 Å². The molecule has 0 aromatic heterocycles. The topological polar surface area (TPSA) is 66.5 Å². The van der Waals surface area contributed by atoms with Gasteiger partial charge in [-0.15, -0.1) is 0 Å². The predicted octanol–water partition coefficient (Wildman–Crippen LogP) is 0.794. The summed E-state index contributed by atoms with van der Waals surface area (Å²) in [5.74, 6) is -1.54. The average Bonchev–Trinajstić information content (AvgIpc) is 2.26. The number of benzene rings is 1. The number of halogens is 1. The maximum absolute atomic E-state index is 12.7. The van der Waals surface area contributed by atoms with Crippen molar-refractivity contribution in [3.8, 4) is 0 Å². The van der Waals surface area contributed by atoms with Gasteiger partial charge in [-0.05, 0) is 17.7 Å². The summed E-state index contributed by atoms with van der Waals surface area (Å²) in [6.07, 6.45) is -0.340. The highest BCUT2D eigenvalue weighted by Gasteiger charge is 2.30. The first kappa shape index (κ1) is 11.3. The van der Waals surface area contributed by atoms with Gasteiger partial charge in [0, 0.05) is 0 Å². The van der Waals surface area contributed by atoms with E-state index in [1.807, 2.05) is 5.32 Å². The molecule has 6 heteroatoms. The lowest BCUT2D eigenvalue weighted by atomic mass is 10.2. The number of imide groups is 2. The molecule has 0 aliphatic carbocycles. The molecule has 1 aromatic carbocycles. The van der Waals surface area contributed by atoms with Crippen molar-refractivity contribution in [1.82, 2.24) is 10.2 Å². The third-order valence-electron chi connectivity index (χ3n) is 2.36. The molecule has 0 saturated carbocycles. The quantitative estimate of drug-likeness (QED) is 0.772. The maximum Gasteiger partial charge on any atom is 0.331 e. The summed E-state index contributed by atoms with van der Waals surface area (Å²) in [7, 11) is 0. The third-order valence-corrected chi connectivity index (χ3v) is 2.36. The summed E-state index contributed by atoms with van der Waals surface area (Å²) in [4.78, 5) is 34.7. The molecular formula is C11H9FN2O3. The van der Waals surface area contributed by atoms with Gasteiger partial charge in [0.2, 0.25) is 11.8 Å². The van der Waals surface area contributed by atoms with Gasteiger partial charge in [0.15, 0.2) is 0 Å². The van der Waals surface area contributed by atoms with E-state index >= 15 is 0 Å². The zero-order chi connectivity index (χ0) is 12.4. The van der Waals surface area contributed by atoms with E-state index in [1.165, 1.54) is 24.3 Å². The summed E-state index contributed by atoms with van der Waals surface area (Å²) < 4.78 is 12.7. The standard InChI is InChI=1S/C11H9FN2O3/c12-8-3-1-7(2-4-8)6-14-10(16)5-9(15)13-11(14)17/h1-4H,5-6H2,(H,13,15,17). The lowest BCUT2D eigenvalue weighted by Crippen LogP contribution is -2.52. The number of carbonyl (C=O) groups excluding carboxylic acids is 3. The average molecular weight is 236 g/mol. The van der Waals surface area contributed by atoms with Gasteiger partial charge in [-0.25, -0.2) is 9.18 Å². The molecule has 88 valence electrons. The van der Waals surface area contributed by atoms with E-state index in [1.54, 1.807) is 0 Å². The van der Waals surface area contributed by atoms with Crippen LogP contribution >= 0.6 is 0 Å². The highest BCUT2D eigenvalue weighted by molar-refractivity contribution is 6.13. The molecule has 1 aromatic rings. The second-order valence-electron chi connectivity index (χ2n) is 3.64. The minimum atomic E-state index is -0.740. The van der Waals surface area contributed by atoms with Crippen LogP contribution in [0.4, 0.5) is 9.18 Å². The van der Waals surface area contributed by atoms with Crippen LogP contribution in [-0.2, 0) is 16.1 Å². The zero-order valence-electron chi connectivity index (χ0n) is 8.77. The first-order chi connectivity index (χ1) is 8.06. The molecule has 0 spiro atoms. The zero-order valence-corrected chi connectivity index (χ0v) is 8.77. The summed E-state index contributed by atoms with van der Waals surface area (Å²) in [6, 6.07) is 4.70. The van der Waals surface area contributed by atoms with Gasteiger partial charge in [0.25, 0.3) is 0 Å². The molecule has 0 bridgehead atoms. The second-order valence-corrected chi connectivity index (χ2v) is 3.64. The molecule has 1 saturated heterocycles. The fraction of sp³-hybridized carbons (Fsp3) is 0.182. The fourth-order valence-electron chi connectivity index (χ4n) is 1.51. The summed E-state index contributed by atoms with van der Waals surface area (Å²) in [6.45, 7) is 0.0260. The minimum Gasteiger partial charge on any atom is -0.277 e. The van der Waals surface area contributed by atoms with E-state index in [0.717, 1.165) is 4.90 Å². The van der Waals surface area contributed by atoms with Crippen LogP contribution < -0.4 is 5.32 Å². The molecule has 17 heavy (non-hydrogen) atoms. The van der Waals surface area contributed by atoms with Crippen molar-refractivity contribution in [3.05, 3.63) is 35.6 Å². The van der Waals surface area contributed by atoms with Crippen LogP contribution in [0.25, 0.3) is 0 Å². The second kappa shape index (κ2) is 4.32. The third kappa shape index (κ3) is 2.47. The Morgan fingerprint density at radius 1 is 1.18 bits per heavy atom. The normalized spacial score (nSPS) is 16.1. The predicted molar refractivity (Wildman–Crippen MR) is 55.1 cm³/mol. The molecule has 5 nitrogen and oxygen atoms in total. The van der Waals surface area contributed by atoms with Gasteiger partial charge in [-0.2, -0.15) is 0 Å². The SMILES string of the molecule is O=C1CC(=O)N(Cc2ccc(F)cc2)C(=O)N1. The largest absolute Gasteiger partial charge is 0.331 e. The van der Waals surface area contributed by atoms with Crippen molar-refractivity contribution >= 4 is 17.8 Å². The Morgan fingerprint density at radius 2 is 1.82 bits per heavy atom. The highest BCUT2D eigenvalue weighted by atomic mass is 19.1. The van der Waals surface area contributed by atoms with Gasteiger partial charge < -0.3 is 0 Å². The molecule has 0 unspecified atom stereocenters. The molecular weight excluding hydrogens is 227 g/mol. The van der Waals surface area contributed by atoms with Crippen LogP contribution in [0.3, 0.4) is 0 Å². The summed E-state index contributed by atoms with van der Waals surface area (Å²) in [5, 5.41) is 2.04. The Labute approximate surface area is 96.2 Å². The molecule has 1 aliphatic heterocycles. The summed E-state index contributed by atoms with van der Waals surface area (Å²) in [5.41, 5.74) is 0.615. The molecule has 1 fully saturated rings. The number of nitrogens with one attached hydrogen (secondary N) is 1. The molecule has 1 heterocycles. The molecule has 2 rings (SSSR count). The smallest absolute Gasteiger partial charge is 0.277 e. The first-order valence-corrected chi connectivity index (χ1v) is 4.95. The van der Waals surface area contributed by atoms with E-state index in [0.29, 0.717) is 5.56 Å². The Balaban J connectivity index is 2.12. The van der Waals surface area contributed by atoms with E-state index in [2.05, 4.69) is 0 Å². The van der Waals surface area contributed by atoms with Gasteiger partial charge >= 0.3 is 6.03 Å². The number of barbiturate groups is 1. The maximum atomic E-state index is 12.7. The van der Waals surface area contributed by atoms with Crippen molar-refractivity contribution in [2.45, 2.75) is 13.0 Å². The van der Waals surface area contributed by atoms with Crippen molar-refractivity contribution in [1.29, 1.82) is 0 Å². The first-order valence-electron chi connectivity index (χ1n) is 4.95. The van der Waals surface area contributed by atoms with E-state index in [4.69, 9.17) is 0 Å². The number of nitrogens with zero attached hydrogens (tertiary/aromatic N) is 1. The van der Waals surface area contributed by atoms with Crippen LogP contribution in [0.5, 0.6) is 0 Å². The van der Waals surface area contributed by atoms with Crippen molar-refractivity contribution < 1.29 is 18.8 Å². The van der Waals surface area contributed by atoms with Gasteiger partial charge in [0.05, 0.1) is 6.54 Å². The monoisotopic (exact) mass is 236 g/mol. The van der Waals surface area contributed by atoms with Crippen molar-refractivity contribution in [3.63, 3.8) is 0 Å². The number of hydrogen-bond acceptors (Lipinski definition) is 3. The highest BCUT2D eigenvalue weighted by Crippen LogP contribution is 2.10. The molecule has 1 aliphatic rings. The number of urea groups is 1. The van der Waals surface area contributed by atoms with Gasteiger partial charge in [-0.1, -0.05) is 12.1 Å². The van der Waals surface area contributed by atoms with Crippen LogP contribution in [0, 0.1) is 5.82 Å². The van der Waals surface area contributed by atoms with E-state index < -0.39 is 23.7 Å².